The molecule has 1 N–H and O–H groups in total. The van der Waals surface area contributed by atoms with Crippen molar-refractivity contribution in [1.82, 2.24) is 0 Å². The highest BCUT2D eigenvalue weighted by Crippen LogP contribution is 2.38. The van der Waals surface area contributed by atoms with Crippen molar-refractivity contribution in [3.05, 3.63) is 95.6 Å². The number of hydrogen-bond acceptors (Lipinski definition) is 3. The maximum Gasteiger partial charge on any atom is 0.227 e. The fraction of sp³-hybridized carbons (Fsp3) is 0.240. The van der Waals surface area contributed by atoms with E-state index in [4.69, 9.17) is 4.74 Å². The molecule has 0 aliphatic carbocycles. The zero-order valence-corrected chi connectivity index (χ0v) is 16.5. The van der Waals surface area contributed by atoms with Gasteiger partial charge in [-0.2, -0.15) is 0 Å². The van der Waals surface area contributed by atoms with Crippen LogP contribution in [-0.2, 0) is 4.79 Å². The lowest BCUT2D eigenvalue weighted by Crippen LogP contribution is -2.37. The average Bonchev–Trinajstić information content (AvgIpc) is 2.78. The minimum Gasteiger partial charge on any atom is -0.497 e. The van der Waals surface area contributed by atoms with Crippen LogP contribution < -0.4 is 9.64 Å². The molecule has 148 valence electrons. The molecule has 1 unspecified atom stereocenters. The van der Waals surface area contributed by atoms with Crippen LogP contribution in [0.4, 0.5) is 5.69 Å². The molecule has 1 aliphatic rings. The fourth-order valence-corrected chi connectivity index (χ4v) is 4.04. The van der Waals surface area contributed by atoms with E-state index in [2.05, 4.69) is 24.3 Å². The first-order valence-electron chi connectivity index (χ1n) is 9.93. The Kier molecular flexibility index (Phi) is 5.63. The van der Waals surface area contributed by atoms with E-state index in [1.165, 1.54) is 0 Å². The molecule has 0 bridgehead atoms. The molecule has 1 atom stereocenters. The van der Waals surface area contributed by atoms with Gasteiger partial charge >= 0.3 is 0 Å². The highest BCUT2D eigenvalue weighted by molar-refractivity contribution is 5.95. The third-order valence-electron chi connectivity index (χ3n) is 5.59. The molecule has 0 fully saturated rings. The van der Waals surface area contributed by atoms with Crippen molar-refractivity contribution in [3.8, 4) is 5.75 Å². The van der Waals surface area contributed by atoms with E-state index in [0.717, 1.165) is 22.4 Å². The van der Waals surface area contributed by atoms with Crippen molar-refractivity contribution in [3.63, 3.8) is 0 Å². The first-order chi connectivity index (χ1) is 14.2. The quantitative estimate of drug-likeness (QED) is 0.691. The number of aliphatic hydroxyl groups excluding tert-OH is 1. The molecule has 0 saturated heterocycles. The number of anilines is 1. The number of amides is 1. The predicted octanol–water partition coefficient (Wildman–Crippen LogP) is 4.69. The van der Waals surface area contributed by atoms with Crippen LogP contribution in [0.3, 0.4) is 0 Å². The van der Waals surface area contributed by atoms with Gasteiger partial charge < -0.3 is 14.7 Å². The van der Waals surface area contributed by atoms with Crippen molar-refractivity contribution in [2.24, 2.45) is 0 Å². The largest absolute Gasteiger partial charge is 0.497 e. The Balaban J connectivity index is 1.65. The van der Waals surface area contributed by atoms with Gasteiger partial charge in [-0.25, -0.2) is 0 Å². The molecular weight excluding hydrogens is 362 g/mol. The van der Waals surface area contributed by atoms with Gasteiger partial charge in [0.1, 0.15) is 5.75 Å². The van der Waals surface area contributed by atoms with Gasteiger partial charge in [-0.05, 0) is 35.7 Å². The number of methoxy groups -OCH3 is 1. The summed E-state index contributed by atoms with van der Waals surface area (Å²) in [5, 5.41) is 10.4. The maximum absolute atomic E-state index is 13.4. The van der Waals surface area contributed by atoms with Crippen LogP contribution in [-0.4, -0.2) is 24.7 Å². The number of hydrogen-bond donors (Lipinski definition) is 1. The Morgan fingerprint density at radius 3 is 2.24 bits per heavy atom. The number of carbonyl (C=O) groups is 1. The third kappa shape index (κ3) is 4.03. The minimum absolute atomic E-state index is 0.0153. The molecule has 0 aromatic heterocycles. The molecule has 4 heteroatoms. The van der Waals surface area contributed by atoms with E-state index in [0.29, 0.717) is 25.1 Å². The summed E-state index contributed by atoms with van der Waals surface area (Å²) >= 11 is 0. The van der Waals surface area contributed by atoms with E-state index in [1.807, 2.05) is 54.6 Å². The van der Waals surface area contributed by atoms with E-state index < -0.39 is 6.10 Å². The van der Waals surface area contributed by atoms with Crippen LogP contribution in [0.1, 0.15) is 41.6 Å². The predicted molar refractivity (Wildman–Crippen MR) is 114 cm³/mol. The normalized spacial score (nSPS) is 15.8. The number of rotatable bonds is 5. The molecule has 4 rings (SSSR count). The molecule has 1 aliphatic heterocycles. The monoisotopic (exact) mass is 387 g/mol. The molecule has 3 aromatic carbocycles. The molecular formula is C25H25NO3. The first-order valence-corrected chi connectivity index (χ1v) is 9.93. The summed E-state index contributed by atoms with van der Waals surface area (Å²) in [5.41, 5.74) is 3.77. The van der Waals surface area contributed by atoms with Gasteiger partial charge in [0.2, 0.25) is 5.91 Å². The van der Waals surface area contributed by atoms with Crippen molar-refractivity contribution in [2.75, 3.05) is 18.6 Å². The minimum atomic E-state index is -0.580. The summed E-state index contributed by atoms with van der Waals surface area (Å²) < 4.78 is 5.29. The molecule has 3 aromatic rings. The molecule has 1 amide bonds. The van der Waals surface area contributed by atoms with E-state index in [-0.39, 0.29) is 11.8 Å². The smallest absolute Gasteiger partial charge is 0.227 e. The van der Waals surface area contributed by atoms with Gasteiger partial charge in [0.05, 0.1) is 13.2 Å². The molecule has 29 heavy (non-hydrogen) atoms. The highest BCUT2D eigenvalue weighted by atomic mass is 16.5. The summed E-state index contributed by atoms with van der Waals surface area (Å²) in [6, 6.07) is 25.8. The van der Waals surface area contributed by atoms with Crippen molar-refractivity contribution in [1.29, 1.82) is 0 Å². The van der Waals surface area contributed by atoms with Gasteiger partial charge in [-0.1, -0.05) is 60.7 Å². The Morgan fingerprint density at radius 2 is 1.66 bits per heavy atom. The van der Waals surface area contributed by atoms with Crippen LogP contribution in [0.2, 0.25) is 0 Å². The Bertz CT molecular complexity index is 932. The molecule has 1 heterocycles. The summed E-state index contributed by atoms with van der Waals surface area (Å²) in [6.45, 7) is 0.510. The Labute approximate surface area is 171 Å². The number of ether oxygens (including phenoxy) is 1. The van der Waals surface area contributed by atoms with E-state index in [9.17, 15) is 9.90 Å². The number of aliphatic hydroxyl groups is 1. The van der Waals surface area contributed by atoms with Crippen LogP contribution in [0.5, 0.6) is 5.75 Å². The van der Waals surface area contributed by atoms with Crippen LogP contribution >= 0.6 is 0 Å². The second kappa shape index (κ2) is 8.50. The summed E-state index contributed by atoms with van der Waals surface area (Å²) in [4.78, 5) is 15.2. The third-order valence-corrected chi connectivity index (χ3v) is 5.59. The number of carbonyl (C=O) groups excluding carboxylic acids is 1. The molecule has 0 spiro atoms. The zero-order chi connectivity index (χ0) is 20.2. The van der Waals surface area contributed by atoms with Gasteiger partial charge in [-0.3, -0.25) is 4.79 Å². The number of nitrogens with zero attached hydrogens (tertiary/aromatic N) is 1. The molecule has 4 nitrogen and oxygen atoms in total. The van der Waals surface area contributed by atoms with Crippen molar-refractivity contribution >= 4 is 11.6 Å². The van der Waals surface area contributed by atoms with Crippen LogP contribution in [0.15, 0.2) is 78.9 Å². The van der Waals surface area contributed by atoms with Crippen LogP contribution in [0, 0.1) is 0 Å². The maximum atomic E-state index is 13.4. The topological polar surface area (TPSA) is 49.8 Å². The summed E-state index contributed by atoms with van der Waals surface area (Å²) in [6.07, 6.45) is 0.311. The summed E-state index contributed by atoms with van der Waals surface area (Å²) in [5.74, 6) is 0.725. The first kappa shape index (κ1) is 19.2. The summed E-state index contributed by atoms with van der Waals surface area (Å²) in [7, 11) is 1.60. The van der Waals surface area contributed by atoms with Gasteiger partial charge in [0.15, 0.2) is 0 Å². The fourth-order valence-electron chi connectivity index (χ4n) is 4.04. The Hall–Kier alpha value is -3.11. The van der Waals surface area contributed by atoms with E-state index >= 15 is 0 Å². The zero-order valence-electron chi connectivity index (χ0n) is 16.5. The van der Waals surface area contributed by atoms with Gasteiger partial charge in [-0.15, -0.1) is 0 Å². The molecule has 0 saturated carbocycles. The van der Waals surface area contributed by atoms with Crippen molar-refractivity contribution < 1.29 is 14.6 Å². The SMILES string of the molecule is COc1ccc2c(c1)C(O)CCN2C(=O)CC(c1ccccc1)c1ccccc1. The van der Waals surface area contributed by atoms with E-state index in [1.54, 1.807) is 12.0 Å². The second-order valence-corrected chi connectivity index (χ2v) is 7.35. The molecule has 0 radical (unpaired) electrons. The second-order valence-electron chi connectivity index (χ2n) is 7.35. The lowest BCUT2D eigenvalue weighted by molar-refractivity contribution is -0.119. The standard InChI is InChI=1S/C25H25NO3/c1-29-20-12-13-23-22(16-20)24(27)14-15-26(23)25(28)17-21(18-8-4-2-5-9-18)19-10-6-3-7-11-19/h2-13,16,21,24,27H,14-15,17H2,1H3. The van der Waals surface area contributed by atoms with Gasteiger partial charge in [0.25, 0.3) is 0 Å². The van der Waals surface area contributed by atoms with Crippen LogP contribution in [0.25, 0.3) is 0 Å². The highest BCUT2D eigenvalue weighted by Gasteiger charge is 2.30. The lowest BCUT2D eigenvalue weighted by atomic mass is 9.87. The lowest BCUT2D eigenvalue weighted by Gasteiger charge is -2.33. The number of fused-ring (bicyclic) bond motifs is 1. The van der Waals surface area contributed by atoms with Gasteiger partial charge in [0, 0.05) is 30.1 Å². The van der Waals surface area contributed by atoms with Crippen molar-refractivity contribution in [2.45, 2.75) is 24.9 Å². The number of benzene rings is 3. The average molecular weight is 387 g/mol. The Morgan fingerprint density at radius 1 is 1.03 bits per heavy atom.